The molecule has 0 saturated heterocycles. The molecular formula is C25H21ClN2O2. The van der Waals surface area contributed by atoms with Crippen LogP contribution in [0.25, 0.3) is 5.57 Å². The second-order valence-corrected chi connectivity index (χ2v) is 7.80. The summed E-state index contributed by atoms with van der Waals surface area (Å²) in [5.74, 6) is -0.741. The summed E-state index contributed by atoms with van der Waals surface area (Å²) in [6, 6.07) is 20.2. The summed E-state index contributed by atoms with van der Waals surface area (Å²) < 4.78 is 0. The first kappa shape index (κ1) is 19.9. The van der Waals surface area contributed by atoms with Crippen LogP contribution in [-0.4, -0.2) is 11.8 Å². The topological polar surface area (TPSA) is 49.4 Å². The molecule has 1 aliphatic rings. The lowest BCUT2D eigenvalue weighted by molar-refractivity contribution is -0.120. The maximum atomic E-state index is 13.5. The molecule has 0 unspecified atom stereocenters. The van der Waals surface area contributed by atoms with Gasteiger partial charge >= 0.3 is 0 Å². The van der Waals surface area contributed by atoms with Gasteiger partial charge in [0.1, 0.15) is 5.70 Å². The minimum Gasteiger partial charge on any atom is -0.350 e. The number of nitrogens with one attached hydrogen (secondary N) is 1. The van der Waals surface area contributed by atoms with E-state index in [4.69, 9.17) is 11.6 Å². The van der Waals surface area contributed by atoms with Crippen molar-refractivity contribution in [3.8, 4) is 0 Å². The zero-order valence-electron chi connectivity index (χ0n) is 17.0. The number of carbonyl (C=O) groups excluding carboxylic acids is 2. The Bertz CT molecular complexity index is 1200. The normalized spacial score (nSPS) is 13.9. The zero-order valence-corrected chi connectivity index (χ0v) is 17.7. The molecule has 0 radical (unpaired) electrons. The lowest BCUT2D eigenvalue weighted by Gasteiger charge is -2.18. The van der Waals surface area contributed by atoms with E-state index in [0.29, 0.717) is 21.8 Å². The highest BCUT2D eigenvalue weighted by molar-refractivity contribution is 6.46. The Morgan fingerprint density at radius 2 is 1.53 bits per heavy atom. The van der Waals surface area contributed by atoms with Crippen LogP contribution >= 0.6 is 11.6 Å². The molecule has 5 heteroatoms. The van der Waals surface area contributed by atoms with Gasteiger partial charge in [-0.05, 0) is 67.3 Å². The minimum atomic E-state index is -0.384. The summed E-state index contributed by atoms with van der Waals surface area (Å²) in [5.41, 5.74) is 5.53. The predicted octanol–water partition coefficient (Wildman–Crippen LogP) is 5.66. The summed E-state index contributed by atoms with van der Waals surface area (Å²) >= 11 is 6.08. The van der Waals surface area contributed by atoms with E-state index in [2.05, 4.69) is 5.32 Å². The van der Waals surface area contributed by atoms with Crippen LogP contribution in [0.3, 0.4) is 0 Å². The first-order valence-electron chi connectivity index (χ1n) is 9.66. The van der Waals surface area contributed by atoms with Gasteiger partial charge < -0.3 is 5.32 Å². The van der Waals surface area contributed by atoms with Crippen LogP contribution in [0.4, 0.5) is 11.4 Å². The number of imide groups is 1. The molecule has 0 saturated carbocycles. The molecule has 0 fully saturated rings. The van der Waals surface area contributed by atoms with Crippen LogP contribution in [0.1, 0.15) is 22.3 Å². The van der Waals surface area contributed by atoms with Crippen molar-refractivity contribution in [2.45, 2.75) is 20.8 Å². The molecule has 4 nitrogen and oxygen atoms in total. The van der Waals surface area contributed by atoms with Gasteiger partial charge in [-0.1, -0.05) is 54.1 Å². The number of halogens is 1. The van der Waals surface area contributed by atoms with E-state index in [-0.39, 0.29) is 17.5 Å². The summed E-state index contributed by atoms with van der Waals surface area (Å²) in [4.78, 5) is 28.2. The summed E-state index contributed by atoms with van der Waals surface area (Å²) in [5, 5.41) is 3.81. The molecule has 0 aromatic heterocycles. The number of carbonyl (C=O) groups is 2. The van der Waals surface area contributed by atoms with Gasteiger partial charge in [0.15, 0.2) is 0 Å². The second kappa shape index (κ2) is 7.81. The Kier molecular flexibility index (Phi) is 5.18. The molecular weight excluding hydrogens is 396 g/mol. The highest BCUT2D eigenvalue weighted by atomic mass is 35.5. The summed E-state index contributed by atoms with van der Waals surface area (Å²) in [6.45, 7) is 5.83. The molecule has 0 spiro atoms. The average Bonchev–Trinajstić information content (AvgIpc) is 2.96. The van der Waals surface area contributed by atoms with Crippen LogP contribution in [0, 0.1) is 20.8 Å². The lowest BCUT2D eigenvalue weighted by atomic mass is 10.0. The van der Waals surface area contributed by atoms with Crippen molar-refractivity contribution < 1.29 is 9.59 Å². The van der Waals surface area contributed by atoms with E-state index in [1.165, 1.54) is 4.90 Å². The SMILES string of the molecule is Cc1cc(Cl)ccc1N1C(=O)C(Nc2cccc(C)c2C)=C(c2ccccc2)C1=O. The summed E-state index contributed by atoms with van der Waals surface area (Å²) in [7, 11) is 0. The first-order valence-corrected chi connectivity index (χ1v) is 10.0. The van der Waals surface area contributed by atoms with Crippen LogP contribution in [-0.2, 0) is 9.59 Å². The number of benzene rings is 3. The van der Waals surface area contributed by atoms with Gasteiger partial charge in [-0.15, -0.1) is 0 Å². The third-order valence-corrected chi connectivity index (χ3v) is 5.65. The van der Waals surface area contributed by atoms with Crippen LogP contribution in [0.2, 0.25) is 5.02 Å². The standard InChI is InChI=1S/C25H21ClN2O2/c1-15-8-7-11-20(17(15)3)27-23-22(18-9-5-4-6-10-18)24(29)28(25(23)30)21-13-12-19(26)14-16(21)2/h4-14,27H,1-3H3. The number of anilines is 2. The van der Waals surface area contributed by atoms with Crippen molar-refractivity contribution in [2.24, 2.45) is 0 Å². The van der Waals surface area contributed by atoms with Gasteiger partial charge in [0.2, 0.25) is 0 Å². The number of aryl methyl sites for hydroxylation is 2. The van der Waals surface area contributed by atoms with Gasteiger partial charge in [-0.25, -0.2) is 4.90 Å². The number of hydrogen-bond acceptors (Lipinski definition) is 3. The molecule has 1 N–H and O–H groups in total. The molecule has 4 rings (SSSR count). The van der Waals surface area contributed by atoms with E-state index in [0.717, 1.165) is 22.4 Å². The van der Waals surface area contributed by atoms with Gasteiger partial charge in [-0.2, -0.15) is 0 Å². The quantitative estimate of drug-likeness (QED) is 0.558. The van der Waals surface area contributed by atoms with Crippen molar-refractivity contribution >= 4 is 40.4 Å². The van der Waals surface area contributed by atoms with Crippen molar-refractivity contribution in [1.82, 2.24) is 0 Å². The predicted molar refractivity (Wildman–Crippen MR) is 122 cm³/mol. The fourth-order valence-corrected chi connectivity index (χ4v) is 3.85. The Morgan fingerprint density at radius 3 is 2.23 bits per heavy atom. The Labute approximate surface area is 180 Å². The van der Waals surface area contributed by atoms with Crippen LogP contribution < -0.4 is 10.2 Å². The monoisotopic (exact) mass is 416 g/mol. The molecule has 1 aliphatic heterocycles. The molecule has 30 heavy (non-hydrogen) atoms. The van der Waals surface area contributed by atoms with Gasteiger partial charge in [0.25, 0.3) is 11.8 Å². The number of hydrogen-bond donors (Lipinski definition) is 1. The number of rotatable bonds is 4. The average molecular weight is 417 g/mol. The largest absolute Gasteiger partial charge is 0.350 e. The van der Waals surface area contributed by atoms with Gasteiger partial charge in [-0.3, -0.25) is 9.59 Å². The van der Waals surface area contributed by atoms with Crippen molar-refractivity contribution in [2.75, 3.05) is 10.2 Å². The molecule has 0 atom stereocenters. The lowest BCUT2D eigenvalue weighted by Crippen LogP contribution is -2.33. The van der Waals surface area contributed by atoms with Crippen molar-refractivity contribution in [3.05, 3.63) is 99.7 Å². The molecule has 150 valence electrons. The molecule has 2 amide bonds. The van der Waals surface area contributed by atoms with E-state index in [1.807, 2.05) is 69.3 Å². The smallest absolute Gasteiger partial charge is 0.282 e. The maximum absolute atomic E-state index is 13.5. The molecule has 3 aromatic carbocycles. The third-order valence-electron chi connectivity index (χ3n) is 5.41. The highest BCUT2D eigenvalue weighted by Crippen LogP contribution is 2.36. The molecule has 0 bridgehead atoms. The van der Waals surface area contributed by atoms with E-state index in [9.17, 15) is 9.59 Å². The first-order chi connectivity index (χ1) is 14.4. The second-order valence-electron chi connectivity index (χ2n) is 7.37. The summed E-state index contributed by atoms with van der Waals surface area (Å²) in [6.07, 6.45) is 0. The Morgan fingerprint density at radius 1 is 0.800 bits per heavy atom. The molecule has 1 heterocycles. The van der Waals surface area contributed by atoms with Gasteiger partial charge in [0.05, 0.1) is 11.3 Å². The minimum absolute atomic E-state index is 0.272. The van der Waals surface area contributed by atoms with Gasteiger partial charge in [0, 0.05) is 10.7 Å². The Balaban J connectivity index is 1.86. The molecule has 3 aromatic rings. The zero-order chi connectivity index (χ0) is 21.4. The van der Waals surface area contributed by atoms with E-state index < -0.39 is 0 Å². The fraction of sp³-hybridized carbons (Fsp3) is 0.120. The molecule has 0 aliphatic carbocycles. The fourth-order valence-electron chi connectivity index (χ4n) is 3.63. The van der Waals surface area contributed by atoms with Crippen LogP contribution in [0.5, 0.6) is 0 Å². The maximum Gasteiger partial charge on any atom is 0.282 e. The van der Waals surface area contributed by atoms with Crippen molar-refractivity contribution in [3.63, 3.8) is 0 Å². The van der Waals surface area contributed by atoms with E-state index in [1.54, 1.807) is 18.2 Å². The Hall–Kier alpha value is -3.37. The number of nitrogens with zero attached hydrogens (tertiary/aromatic N) is 1. The highest BCUT2D eigenvalue weighted by Gasteiger charge is 2.40. The van der Waals surface area contributed by atoms with Crippen LogP contribution in [0.15, 0.2) is 72.4 Å². The van der Waals surface area contributed by atoms with E-state index >= 15 is 0 Å². The van der Waals surface area contributed by atoms with Crippen molar-refractivity contribution in [1.29, 1.82) is 0 Å². The number of amides is 2. The third kappa shape index (κ3) is 3.40.